The molecule has 4 nitrogen and oxygen atoms in total. The lowest BCUT2D eigenvalue weighted by Crippen LogP contribution is -2.28. The number of fused-ring (bicyclic) bond motifs is 1. The molecule has 2 aromatic carbocycles. The molecule has 1 aliphatic carbocycles. The molecule has 6 heteroatoms. The Labute approximate surface area is 138 Å². The molecule has 0 saturated heterocycles. The van der Waals surface area contributed by atoms with Crippen LogP contribution in [0.1, 0.15) is 16.7 Å². The zero-order valence-corrected chi connectivity index (χ0v) is 13.2. The Morgan fingerprint density at radius 2 is 1.86 bits per heavy atom. The maximum Gasteiger partial charge on any atom is 0.269 e. The molecule has 3 rings (SSSR count). The van der Waals surface area contributed by atoms with Gasteiger partial charge in [-0.2, -0.15) is 0 Å². The molecule has 0 heterocycles. The van der Waals surface area contributed by atoms with Crippen molar-refractivity contribution in [3.63, 3.8) is 0 Å². The Balaban J connectivity index is 1.63. The number of rotatable bonds is 4. The molecule has 2 aromatic rings. The first-order valence-electron chi connectivity index (χ1n) is 6.96. The van der Waals surface area contributed by atoms with Crippen LogP contribution in [0, 0.1) is 10.1 Å². The average molecular weight is 337 g/mol. The van der Waals surface area contributed by atoms with Crippen molar-refractivity contribution in [3.05, 3.63) is 73.2 Å². The number of hydrogen-bond acceptors (Lipinski definition) is 3. The Hall–Kier alpha value is -1.62. The molecule has 114 valence electrons. The van der Waals surface area contributed by atoms with Crippen LogP contribution in [0.25, 0.3) is 0 Å². The van der Waals surface area contributed by atoms with Gasteiger partial charge in [0.05, 0.1) is 15.0 Å². The van der Waals surface area contributed by atoms with Crippen LogP contribution in [0.4, 0.5) is 5.69 Å². The molecular weight excluding hydrogens is 323 g/mol. The van der Waals surface area contributed by atoms with Crippen molar-refractivity contribution in [1.82, 2.24) is 5.32 Å². The summed E-state index contributed by atoms with van der Waals surface area (Å²) in [5, 5.41) is 15.4. The summed E-state index contributed by atoms with van der Waals surface area (Å²) in [5.74, 6) is 0. The minimum Gasteiger partial charge on any atom is -0.309 e. The van der Waals surface area contributed by atoms with Crippen LogP contribution < -0.4 is 5.32 Å². The summed E-state index contributed by atoms with van der Waals surface area (Å²) < 4.78 is 0. The Kier molecular flexibility index (Phi) is 4.34. The molecular formula is C16H14Cl2N2O2. The number of nitrogens with zero attached hydrogens (tertiary/aromatic N) is 1. The summed E-state index contributed by atoms with van der Waals surface area (Å²) in [4.78, 5) is 10.5. The molecule has 0 radical (unpaired) electrons. The van der Waals surface area contributed by atoms with E-state index in [-0.39, 0.29) is 16.7 Å². The quantitative estimate of drug-likeness (QED) is 0.673. The summed E-state index contributed by atoms with van der Waals surface area (Å²) in [7, 11) is 0. The predicted molar refractivity (Wildman–Crippen MR) is 87.6 cm³/mol. The lowest BCUT2D eigenvalue weighted by molar-refractivity contribution is -0.384. The monoisotopic (exact) mass is 336 g/mol. The van der Waals surface area contributed by atoms with Crippen LogP contribution >= 0.6 is 23.2 Å². The molecule has 1 N–H and O–H groups in total. The summed E-state index contributed by atoms with van der Waals surface area (Å²) in [6, 6.07) is 11.0. The van der Waals surface area contributed by atoms with E-state index in [1.165, 1.54) is 5.56 Å². The van der Waals surface area contributed by atoms with Crippen molar-refractivity contribution in [2.45, 2.75) is 25.4 Å². The van der Waals surface area contributed by atoms with E-state index >= 15 is 0 Å². The second-order valence-corrected chi connectivity index (χ2v) is 6.26. The Bertz CT molecular complexity index is 734. The van der Waals surface area contributed by atoms with Gasteiger partial charge in [0.1, 0.15) is 0 Å². The fourth-order valence-electron chi connectivity index (χ4n) is 2.77. The molecule has 0 bridgehead atoms. The highest BCUT2D eigenvalue weighted by atomic mass is 35.5. The van der Waals surface area contributed by atoms with Crippen molar-refractivity contribution in [1.29, 1.82) is 0 Å². The summed E-state index contributed by atoms with van der Waals surface area (Å²) in [6.45, 7) is 0.692. The van der Waals surface area contributed by atoms with Crippen LogP contribution in [-0.4, -0.2) is 11.0 Å². The van der Waals surface area contributed by atoms with Gasteiger partial charge in [-0.05, 0) is 41.7 Å². The zero-order chi connectivity index (χ0) is 15.7. The normalized spacial score (nSPS) is 16.5. The van der Waals surface area contributed by atoms with Crippen molar-refractivity contribution in [2.75, 3.05) is 0 Å². The third kappa shape index (κ3) is 3.24. The van der Waals surface area contributed by atoms with Gasteiger partial charge in [0.15, 0.2) is 0 Å². The van der Waals surface area contributed by atoms with E-state index in [0.717, 1.165) is 24.0 Å². The fourth-order valence-corrected chi connectivity index (χ4v) is 3.09. The van der Waals surface area contributed by atoms with Gasteiger partial charge in [-0.25, -0.2) is 0 Å². The summed E-state index contributed by atoms with van der Waals surface area (Å²) in [5.41, 5.74) is 3.46. The highest BCUT2D eigenvalue weighted by Gasteiger charge is 2.23. The van der Waals surface area contributed by atoms with Crippen LogP contribution in [0.2, 0.25) is 10.0 Å². The van der Waals surface area contributed by atoms with Gasteiger partial charge in [-0.15, -0.1) is 0 Å². The van der Waals surface area contributed by atoms with Crippen molar-refractivity contribution >= 4 is 28.9 Å². The number of non-ortho nitro benzene ring substituents is 1. The van der Waals surface area contributed by atoms with Crippen molar-refractivity contribution in [2.24, 2.45) is 0 Å². The first-order valence-corrected chi connectivity index (χ1v) is 7.72. The SMILES string of the molecule is O=[N+]([O-])c1ccc2c(c1)CC(NCc1ccc(Cl)c(Cl)c1)C2. The Morgan fingerprint density at radius 3 is 2.59 bits per heavy atom. The molecule has 0 aromatic heterocycles. The van der Waals surface area contributed by atoms with Gasteiger partial charge in [-0.3, -0.25) is 10.1 Å². The van der Waals surface area contributed by atoms with Crippen molar-refractivity contribution < 1.29 is 4.92 Å². The number of nitrogens with one attached hydrogen (secondary N) is 1. The van der Waals surface area contributed by atoms with Crippen LogP contribution in [0.3, 0.4) is 0 Å². The molecule has 1 aliphatic rings. The molecule has 22 heavy (non-hydrogen) atoms. The second kappa shape index (κ2) is 6.24. The third-order valence-corrected chi connectivity index (χ3v) is 4.65. The topological polar surface area (TPSA) is 55.2 Å². The average Bonchev–Trinajstić information content (AvgIpc) is 2.90. The zero-order valence-electron chi connectivity index (χ0n) is 11.7. The molecule has 0 saturated carbocycles. The third-order valence-electron chi connectivity index (χ3n) is 3.91. The highest BCUT2D eigenvalue weighted by molar-refractivity contribution is 6.42. The van der Waals surface area contributed by atoms with Gasteiger partial charge in [0, 0.05) is 24.7 Å². The van der Waals surface area contributed by atoms with Gasteiger partial charge >= 0.3 is 0 Å². The lowest BCUT2D eigenvalue weighted by Gasteiger charge is -2.12. The van der Waals surface area contributed by atoms with E-state index in [1.807, 2.05) is 18.2 Å². The first-order chi connectivity index (χ1) is 10.5. The van der Waals surface area contributed by atoms with E-state index < -0.39 is 0 Å². The van der Waals surface area contributed by atoms with E-state index in [0.29, 0.717) is 16.6 Å². The standard InChI is InChI=1S/C16H14Cl2N2O2/c17-15-4-1-10(5-16(15)18)9-19-13-6-11-2-3-14(20(21)22)8-12(11)7-13/h1-5,8,13,19H,6-7,9H2. The van der Waals surface area contributed by atoms with E-state index in [4.69, 9.17) is 23.2 Å². The van der Waals surface area contributed by atoms with Gasteiger partial charge < -0.3 is 5.32 Å². The number of nitro groups is 1. The molecule has 1 atom stereocenters. The molecule has 0 aliphatic heterocycles. The Morgan fingerprint density at radius 1 is 1.09 bits per heavy atom. The minimum atomic E-state index is -0.350. The van der Waals surface area contributed by atoms with E-state index in [9.17, 15) is 10.1 Å². The fraction of sp³-hybridized carbons (Fsp3) is 0.250. The first kappa shape index (κ1) is 15.3. The van der Waals surface area contributed by atoms with Gasteiger partial charge in [-0.1, -0.05) is 35.3 Å². The molecule has 0 spiro atoms. The number of nitro benzene ring substituents is 1. The van der Waals surface area contributed by atoms with Crippen molar-refractivity contribution in [3.8, 4) is 0 Å². The predicted octanol–water partition coefficient (Wildman–Crippen LogP) is 4.16. The number of benzene rings is 2. The van der Waals surface area contributed by atoms with Crippen LogP contribution in [0.5, 0.6) is 0 Å². The molecule has 0 fully saturated rings. The number of hydrogen-bond donors (Lipinski definition) is 1. The van der Waals surface area contributed by atoms with E-state index in [1.54, 1.807) is 18.2 Å². The smallest absolute Gasteiger partial charge is 0.269 e. The van der Waals surface area contributed by atoms with Crippen LogP contribution in [0.15, 0.2) is 36.4 Å². The van der Waals surface area contributed by atoms with Gasteiger partial charge in [0.25, 0.3) is 5.69 Å². The van der Waals surface area contributed by atoms with Gasteiger partial charge in [0.2, 0.25) is 0 Å². The molecule has 0 amide bonds. The summed E-state index contributed by atoms with van der Waals surface area (Å²) in [6.07, 6.45) is 1.69. The number of halogens is 2. The second-order valence-electron chi connectivity index (χ2n) is 5.44. The largest absolute Gasteiger partial charge is 0.309 e. The molecule has 1 unspecified atom stereocenters. The highest BCUT2D eigenvalue weighted by Crippen LogP contribution is 2.27. The maximum absolute atomic E-state index is 10.8. The maximum atomic E-state index is 10.8. The lowest BCUT2D eigenvalue weighted by atomic mass is 10.1. The summed E-state index contributed by atoms with van der Waals surface area (Å²) >= 11 is 11.9. The van der Waals surface area contributed by atoms with E-state index in [2.05, 4.69) is 5.32 Å². The minimum absolute atomic E-state index is 0.156. The van der Waals surface area contributed by atoms with Crippen LogP contribution in [-0.2, 0) is 19.4 Å².